The average Bonchev–Trinajstić information content (AvgIpc) is 2.86. The Morgan fingerprint density at radius 3 is 2.82 bits per heavy atom. The van der Waals surface area contributed by atoms with Gasteiger partial charge in [0.1, 0.15) is 0 Å². The minimum Gasteiger partial charge on any atom is -0.342 e. The highest BCUT2D eigenvalue weighted by atomic mass is 16.2. The monoisotopic (exact) mass is 231 g/mol. The van der Waals surface area contributed by atoms with Gasteiger partial charge in [-0.05, 0) is 18.4 Å². The van der Waals surface area contributed by atoms with Crippen molar-refractivity contribution in [1.29, 1.82) is 0 Å². The van der Waals surface area contributed by atoms with E-state index in [4.69, 9.17) is 0 Å². The van der Waals surface area contributed by atoms with Crippen molar-refractivity contribution >= 4 is 5.91 Å². The van der Waals surface area contributed by atoms with Crippen molar-refractivity contribution < 1.29 is 4.79 Å². The van der Waals surface area contributed by atoms with Crippen LogP contribution in [0.4, 0.5) is 0 Å². The van der Waals surface area contributed by atoms with Crippen molar-refractivity contribution in [2.45, 2.75) is 38.5 Å². The van der Waals surface area contributed by atoms with Gasteiger partial charge in [0.2, 0.25) is 5.91 Å². The van der Waals surface area contributed by atoms with Crippen LogP contribution < -0.4 is 0 Å². The van der Waals surface area contributed by atoms with Crippen LogP contribution in [0.15, 0.2) is 30.3 Å². The van der Waals surface area contributed by atoms with E-state index < -0.39 is 0 Å². The minimum atomic E-state index is 0.338. The molecule has 2 heteroatoms. The molecule has 0 radical (unpaired) electrons. The van der Waals surface area contributed by atoms with Crippen LogP contribution >= 0.6 is 0 Å². The molecule has 0 aliphatic carbocycles. The molecule has 0 N–H and O–H groups in total. The topological polar surface area (TPSA) is 20.3 Å². The van der Waals surface area contributed by atoms with Gasteiger partial charge in [-0.25, -0.2) is 0 Å². The summed E-state index contributed by atoms with van der Waals surface area (Å²) in [6.07, 6.45) is 3.95. The molecule has 1 fully saturated rings. The van der Waals surface area contributed by atoms with E-state index in [0.29, 0.717) is 11.8 Å². The number of carbonyl (C=O) groups excluding carboxylic acids is 1. The SMILES string of the molecule is CCCCC(=O)N1CCC(c2ccccc2)C1. The van der Waals surface area contributed by atoms with E-state index in [9.17, 15) is 4.79 Å². The Bertz CT molecular complexity index is 360. The summed E-state index contributed by atoms with van der Waals surface area (Å²) in [5, 5.41) is 0. The van der Waals surface area contributed by atoms with Gasteiger partial charge < -0.3 is 4.90 Å². The van der Waals surface area contributed by atoms with Crippen LogP contribution in [0.1, 0.15) is 44.1 Å². The van der Waals surface area contributed by atoms with Gasteiger partial charge in [0, 0.05) is 25.4 Å². The summed E-state index contributed by atoms with van der Waals surface area (Å²) in [5.41, 5.74) is 1.37. The maximum atomic E-state index is 11.9. The van der Waals surface area contributed by atoms with Gasteiger partial charge in [-0.3, -0.25) is 4.79 Å². The van der Waals surface area contributed by atoms with Gasteiger partial charge in [0.05, 0.1) is 0 Å². The number of rotatable bonds is 4. The highest BCUT2D eigenvalue weighted by molar-refractivity contribution is 5.76. The second-order valence-electron chi connectivity index (χ2n) is 4.84. The lowest BCUT2D eigenvalue weighted by Crippen LogP contribution is -2.28. The second kappa shape index (κ2) is 5.85. The van der Waals surface area contributed by atoms with E-state index >= 15 is 0 Å². The van der Waals surface area contributed by atoms with Gasteiger partial charge in [-0.15, -0.1) is 0 Å². The summed E-state index contributed by atoms with van der Waals surface area (Å²) in [6, 6.07) is 10.5. The summed E-state index contributed by atoms with van der Waals surface area (Å²) in [4.78, 5) is 13.9. The Hall–Kier alpha value is -1.31. The van der Waals surface area contributed by atoms with Crippen LogP contribution in [0.3, 0.4) is 0 Å². The summed E-state index contributed by atoms with van der Waals surface area (Å²) in [7, 11) is 0. The van der Waals surface area contributed by atoms with E-state index in [1.54, 1.807) is 0 Å². The standard InChI is InChI=1S/C15H21NO/c1-2-3-9-15(17)16-11-10-14(12-16)13-7-5-4-6-8-13/h4-8,14H,2-3,9-12H2,1H3. The summed E-state index contributed by atoms with van der Waals surface area (Å²) < 4.78 is 0. The lowest BCUT2D eigenvalue weighted by atomic mass is 9.99. The first kappa shape index (κ1) is 12.2. The molecular weight excluding hydrogens is 210 g/mol. The van der Waals surface area contributed by atoms with Gasteiger partial charge in [-0.1, -0.05) is 43.7 Å². The molecule has 1 saturated heterocycles. The van der Waals surface area contributed by atoms with Crippen molar-refractivity contribution in [3.63, 3.8) is 0 Å². The Morgan fingerprint density at radius 1 is 1.35 bits per heavy atom. The summed E-state index contributed by atoms with van der Waals surface area (Å²) in [6.45, 7) is 3.97. The molecular formula is C15H21NO. The third-order valence-corrected chi connectivity index (χ3v) is 3.56. The lowest BCUT2D eigenvalue weighted by molar-refractivity contribution is -0.130. The van der Waals surface area contributed by atoms with Gasteiger partial charge >= 0.3 is 0 Å². The third-order valence-electron chi connectivity index (χ3n) is 3.56. The molecule has 2 rings (SSSR count). The molecule has 1 unspecified atom stereocenters. The zero-order valence-corrected chi connectivity index (χ0v) is 10.6. The molecule has 0 saturated carbocycles. The van der Waals surface area contributed by atoms with Crippen LogP contribution in [0.2, 0.25) is 0 Å². The van der Waals surface area contributed by atoms with Crippen LogP contribution in [0.5, 0.6) is 0 Å². The number of amides is 1. The normalized spacial score (nSPS) is 19.6. The molecule has 1 aromatic carbocycles. The van der Waals surface area contributed by atoms with Crippen LogP contribution in [0.25, 0.3) is 0 Å². The minimum absolute atomic E-state index is 0.338. The molecule has 0 bridgehead atoms. The van der Waals surface area contributed by atoms with E-state index in [1.165, 1.54) is 5.56 Å². The quantitative estimate of drug-likeness (QED) is 0.779. The third kappa shape index (κ3) is 3.09. The molecule has 17 heavy (non-hydrogen) atoms. The maximum Gasteiger partial charge on any atom is 0.222 e. The molecule has 0 aromatic heterocycles. The first-order valence-corrected chi connectivity index (χ1v) is 6.64. The van der Waals surface area contributed by atoms with E-state index in [0.717, 1.165) is 38.8 Å². The number of carbonyl (C=O) groups is 1. The molecule has 2 nitrogen and oxygen atoms in total. The fourth-order valence-electron chi connectivity index (χ4n) is 2.47. The zero-order chi connectivity index (χ0) is 12.1. The van der Waals surface area contributed by atoms with E-state index in [1.807, 2.05) is 11.0 Å². The first-order valence-electron chi connectivity index (χ1n) is 6.64. The van der Waals surface area contributed by atoms with Gasteiger partial charge in [-0.2, -0.15) is 0 Å². The van der Waals surface area contributed by atoms with Crippen molar-refractivity contribution in [2.75, 3.05) is 13.1 Å². The largest absolute Gasteiger partial charge is 0.342 e. The predicted octanol–water partition coefficient (Wildman–Crippen LogP) is 3.19. The highest BCUT2D eigenvalue weighted by Gasteiger charge is 2.26. The van der Waals surface area contributed by atoms with E-state index in [2.05, 4.69) is 31.2 Å². The number of likely N-dealkylation sites (tertiary alicyclic amines) is 1. The maximum absolute atomic E-state index is 11.9. The van der Waals surface area contributed by atoms with Gasteiger partial charge in [0.15, 0.2) is 0 Å². The molecule has 92 valence electrons. The molecule has 1 atom stereocenters. The van der Waals surface area contributed by atoms with Crippen LogP contribution in [-0.2, 0) is 4.79 Å². The smallest absolute Gasteiger partial charge is 0.222 e. The number of hydrogen-bond donors (Lipinski definition) is 0. The Balaban J connectivity index is 1.89. The fourth-order valence-corrected chi connectivity index (χ4v) is 2.47. The number of hydrogen-bond acceptors (Lipinski definition) is 1. The van der Waals surface area contributed by atoms with Crippen molar-refractivity contribution in [3.05, 3.63) is 35.9 Å². The van der Waals surface area contributed by atoms with Crippen LogP contribution in [0, 0.1) is 0 Å². The first-order chi connectivity index (χ1) is 8.31. The highest BCUT2D eigenvalue weighted by Crippen LogP contribution is 2.27. The van der Waals surface area contributed by atoms with Crippen molar-refractivity contribution in [3.8, 4) is 0 Å². The summed E-state index contributed by atoms with van der Waals surface area (Å²) in [5.74, 6) is 0.882. The predicted molar refractivity (Wildman–Crippen MR) is 69.9 cm³/mol. The van der Waals surface area contributed by atoms with Crippen molar-refractivity contribution in [1.82, 2.24) is 4.90 Å². The fraction of sp³-hybridized carbons (Fsp3) is 0.533. The average molecular weight is 231 g/mol. The Labute approximate surface area is 104 Å². The Morgan fingerprint density at radius 2 is 2.12 bits per heavy atom. The number of benzene rings is 1. The summed E-state index contributed by atoms with van der Waals surface area (Å²) >= 11 is 0. The Kier molecular flexibility index (Phi) is 4.18. The van der Waals surface area contributed by atoms with Gasteiger partial charge in [0.25, 0.3) is 0 Å². The zero-order valence-electron chi connectivity index (χ0n) is 10.6. The second-order valence-corrected chi connectivity index (χ2v) is 4.84. The molecule has 1 aromatic rings. The number of nitrogens with zero attached hydrogens (tertiary/aromatic N) is 1. The molecule has 1 aliphatic rings. The van der Waals surface area contributed by atoms with Crippen LogP contribution in [-0.4, -0.2) is 23.9 Å². The van der Waals surface area contributed by atoms with Crippen molar-refractivity contribution in [2.24, 2.45) is 0 Å². The molecule has 1 heterocycles. The molecule has 0 spiro atoms. The lowest BCUT2D eigenvalue weighted by Gasteiger charge is -2.16. The van der Waals surface area contributed by atoms with E-state index in [-0.39, 0.29) is 0 Å². The molecule has 1 amide bonds. The molecule has 1 aliphatic heterocycles. The number of unbranched alkanes of at least 4 members (excludes halogenated alkanes) is 1.